The van der Waals surface area contributed by atoms with E-state index >= 15 is 0 Å². The molecule has 0 saturated carbocycles. The van der Waals surface area contributed by atoms with Crippen molar-refractivity contribution in [2.24, 2.45) is 0 Å². The SMILES string of the molecule is C[C@H](CNC[C@@H]1CCC=CO1)c1nc(-c2ccccc2)no1. The molecule has 2 atom stereocenters. The third-order valence-corrected chi connectivity index (χ3v) is 3.74. The Morgan fingerprint density at radius 3 is 2.95 bits per heavy atom. The van der Waals surface area contributed by atoms with E-state index in [0.717, 1.165) is 31.5 Å². The van der Waals surface area contributed by atoms with Crippen LogP contribution in [0.25, 0.3) is 11.4 Å². The zero-order chi connectivity index (χ0) is 15.2. The van der Waals surface area contributed by atoms with Gasteiger partial charge in [-0.25, -0.2) is 0 Å². The minimum absolute atomic E-state index is 0.170. The molecule has 0 fully saturated rings. The van der Waals surface area contributed by atoms with Crippen molar-refractivity contribution in [3.05, 3.63) is 48.6 Å². The molecule has 2 heterocycles. The van der Waals surface area contributed by atoms with Gasteiger partial charge < -0.3 is 14.6 Å². The number of aromatic nitrogens is 2. The fourth-order valence-electron chi connectivity index (χ4n) is 2.42. The lowest BCUT2D eigenvalue weighted by molar-refractivity contribution is 0.122. The minimum atomic E-state index is 0.170. The first kappa shape index (κ1) is 14.8. The first-order valence-electron chi connectivity index (χ1n) is 7.73. The first-order chi connectivity index (χ1) is 10.8. The first-order valence-corrected chi connectivity index (χ1v) is 7.73. The van der Waals surface area contributed by atoms with Crippen LogP contribution in [0.1, 0.15) is 31.6 Å². The molecule has 22 heavy (non-hydrogen) atoms. The summed E-state index contributed by atoms with van der Waals surface area (Å²) in [6.07, 6.45) is 6.27. The van der Waals surface area contributed by atoms with Crippen LogP contribution >= 0.6 is 0 Å². The van der Waals surface area contributed by atoms with Crippen LogP contribution in [0.3, 0.4) is 0 Å². The van der Waals surface area contributed by atoms with Gasteiger partial charge in [0.15, 0.2) is 0 Å². The summed E-state index contributed by atoms with van der Waals surface area (Å²) in [5, 5.41) is 7.47. The Kier molecular flexibility index (Phi) is 4.85. The maximum atomic E-state index is 5.53. The van der Waals surface area contributed by atoms with E-state index in [0.29, 0.717) is 11.7 Å². The standard InChI is InChI=1S/C17H21N3O2/c1-13(11-18-12-15-9-5-6-10-21-15)17-19-16(20-22-17)14-7-3-2-4-8-14/h2-4,6-8,10,13,15,18H,5,9,11-12H2,1H3/t13-,15+/m1/s1. The van der Waals surface area contributed by atoms with Crippen molar-refractivity contribution in [2.45, 2.75) is 31.8 Å². The average molecular weight is 299 g/mol. The van der Waals surface area contributed by atoms with Gasteiger partial charge in [-0.3, -0.25) is 0 Å². The second-order valence-electron chi connectivity index (χ2n) is 5.59. The van der Waals surface area contributed by atoms with E-state index in [2.05, 4.69) is 28.5 Å². The molecule has 0 amide bonds. The van der Waals surface area contributed by atoms with Crippen LogP contribution in [0.15, 0.2) is 47.2 Å². The van der Waals surface area contributed by atoms with Crippen LogP contribution in [-0.2, 0) is 4.74 Å². The summed E-state index contributed by atoms with van der Waals surface area (Å²) in [5.74, 6) is 1.48. The Bertz CT molecular complexity index is 609. The molecule has 0 radical (unpaired) electrons. The van der Waals surface area contributed by atoms with Gasteiger partial charge in [0.25, 0.3) is 0 Å². The minimum Gasteiger partial charge on any atom is -0.497 e. The molecule has 0 saturated heterocycles. The summed E-state index contributed by atoms with van der Waals surface area (Å²) in [6, 6.07) is 9.86. The monoisotopic (exact) mass is 299 g/mol. The summed E-state index contributed by atoms with van der Waals surface area (Å²) >= 11 is 0. The van der Waals surface area contributed by atoms with Crippen LogP contribution in [0.5, 0.6) is 0 Å². The third-order valence-electron chi connectivity index (χ3n) is 3.74. The molecule has 1 aliphatic heterocycles. The second kappa shape index (κ2) is 7.22. The van der Waals surface area contributed by atoms with Crippen LogP contribution < -0.4 is 5.32 Å². The highest BCUT2D eigenvalue weighted by Gasteiger charge is 2.16. The summed E-state index contributed by atoms with van der Waals surface area (Å²) in [7, 11) is 0. The van der Waals surface area contributed by atoms with Gasteiger partial charge in [-0.05, 0) is 18.9 Å². The van der Waals surface area contributed by atoms with Crippen molar-refractivity contribution >= 4 is 0 Å². The van der Waals surface area contributed by atoms with Crippen molar-refractivity contribution in [1.29, 1.82) is 0 Å². The van der Waals surface area contributed by atoms with E-state index in [1.165, 1.54) is 0 Å². The van der Waals surface area contributed by atoms with E-state index in [1.54, 1.807) is 6.26 Å². The molecule has 5 nitrogen and oxygen atoms in total. The Morgan fingerprint density at radius 1 is 1.32 bits per heavy atom. The number of hydrogen-bond donors (Lipinski definition) is 1. The predicted octanol–water partition coefficient (Wildman–Crippen LogP) is 3.12. The summed E-state index contributed by atoms with van der Waals surface area (Å²) < 4.78 is 10.9. The van der Waals surface area contributed by atoms with Gasteiger partial charge >= 0.3 is 0 Å². The highest BCUT2D eigenvalue weighted by atomic mass is 16.5. The Labute approximate surface area is 130 Å². The van der Waals surface area contributed by atoms with Gasteiger partial charge in [-0.2, -0.15) is 4.98 Å². The lowest BCUT2D eigenvalue weighted by Crippen LogP contribution is -2.31. The average Bonchev–Trinajstić information content (AvgIpc) is 3.07. The number of hydrogen-bond acceptors (Lipinski definition) is 5. The second-order valence-corrected chi connectivity index (χ2v) is 5.59. The van der Waals surface area contributed by atoms with E-state index < -0.39 is 0 Å². The van der Waals surface area contributed by atoms with Gasteiger partial charge in [0.2, 0.25) is 11.7 Å². The molecule has 0 aliphatic carbocycles. The lowest BCUT2D eigenvalue weighted by Gasteiger charge is -2.20. The third kappa shape index (κ3) is 3.74. The normalized spacial score (nSPS) is 18.9. The van der Waals surface area contributed by atoms with Crippen LogP contribution in [0.4, 0.5) is 0 Å². The molecule has 116 valence electrons. The molecule has 0 unspecified atom stereocenters. The number of benzene rings is 1. The zero-order valence-corrected chi connectivity index (χ0v) is 12.7. The van der Waals surface area contributed by atoms with Gasteiger partial charge in [-0.15, -0.1) is 0 Å². The maximum absolute atomic E-state index is 5.53. The number of nitrogens with one attached hydrogen (secondary N) is 1. The van der Waals surface area contributed by atoms with Gasteiger partial charge in [0.05, 0.1) is 6.26 Å². The van der Waals surface area contributed by atoms with E-state index in [9.17, 15) is 0 Å². The van der Waals surface area contributed by atoms with E-state index in [1.807, 2.05) is 30.3 Å². The van der Waals surface area contributed by atoms with Crippen LogP contribution in [0, 0.1) is 0 Å². The fourth-order valence-corrected chi connectivity index (χ4v) is 2.42. The molecule has 1 aliphatic rings. The summed E-state index contributed by atoms with van der Waals surface area (Å²) in [6.45, 7) is 3.71. The molecular formula is C17H21N3O2. The fraction of sp³-hybridized carbons (Fsp3) is 0.412. The molecule has 1 N–H and O–H groups in total. The molecule has 2 aromatic rings. The molecule has 3 rings (SSSR count). The van der Waals surface area contributed by atoms with Crippen molar-refractivity contribution < 1.29 is 9.26 Å². The van der Waals surface area contributed by atoms with E-state index in [4.69, 9.17) is 9.26 Å². The molecule has 1 aromatic carbocycles. The van der Waals surface area contributed by atoms with Crippen molar-refractivity contribution in [2.75, 3.05) is 13.1 Å². The Balaban J connectivity index is 1.51. The predicted molar refractivity (Wildman–Crippen MR) is 84.3 cm³/mol. The largest absolute Gasteiger partial charge is 0.497 e. The number of allylic oxidation sites excluding steroid dienone is 1. The Morgan fingerprint density at radius 2 is 2.18 bits per heavy atom. The quantitative estimate of drug-likeness (QED) is 0.888. The molecule has 0 spiro atoms. The smallest absolute Gasteiger partial charge is 0.231 e. The van der Waals surface area contributed by atoms with Crippen LogP contribution in [0.2, 0.25) is 0 Å². The van der Waals surface area contributed by atoms with Crippen molar-refractivity contribution in [1.82, 2.24) is 15.5 Å². The molecule has 5 heteroatoms. The number of rotatable bonds is 6. The highest BCUT2D eigenvalue weighted by Crippen LogP contribution is 2.19. The lowest BCUT2D eigenvalue weighted by atomic mass is 10.1. The topological polar surface area (TPSA) is 60.2 Å². The highest BCUT2D eigenvalue weighted by molar-refractivity contribution is 5.53. The summed E-state index contributed by atoms with van der Waals surface area (Å²) in [4.78, 5) is 4.49. The molecule has 1 aromatic heterocycles. The molecular weight excluding hydrogens is 278 g/mol. The summed E-state index contributed by atoms with van der Waals surface area (Å²) in [5.41, 5.74) is 0.972. The zero-order valence-electron chi connectivity index (χ0n) is 12.7. The Hall–Kier alpha value is -2.14. The number of ether oxygens (including phenoxy) is 1. The maximum Gasteiger partial charge on any atom is 0.231 e. The van der Waals surface area contributed by atoms with Crippen molar-refractivity contribution in [3.8, 4) is 11.4 Å². The van der Waals surface area contributed by atoms with Crippen LogP contribution in [-0.4, -0.2) is 29.3 Å². The van der Waals surface area contributed by atoms with Gasteiger partial charge in [0.1, 0.15) is 6.10 Å². The van der Waals surface area contributed by atoms with Gasteiger partial charge in [-0.1, -0.05) is 42.4 Å². The van der Waals surface area contributed by atoms with Crippen molar-refractivity contribution in [3.63, 3.8) is 0 Å². The van der Waals surface area contributed by atoms with Gasteiger partial charge in [0, 0.05) is 24.6 Å². The van der Waals surface area contributed by atoms with E-state index in [-0.39, 0.29) is 12.0 Å². The number of nitrogens with zero attached hydrogens (tertiary/aromatic N) is 2. The molecule has 0 bridgehead atoms.